The van der Waals surface area contributed by atoms with E-state index in [1.165, 1.54) is 0 Å². The minimum Gasteiger partial charge on any atom is -0.300 e. The van der Waals surface area contributed by atoms with E-state index in [-0.39, 0.29) is 5.78 Å². The van der Waals surface area contributed by atoms with E-state index >= 15 is 0 Å². The summed E-state index contributed by atoms with van der Waals surface area (Å²) in [6.07, 6.45) is 3.69. The molecule has 0 atom stereocenters. The van der Waals surface area contributed by atoms with E-state index in [2.05, 4.69) is 4.98 Å². The van der Waals surface area contributed by atoms with E-state index in [9.17, 15) is 4.79 Å². The van der Waals surface area contributed by atoms with Gasteiger partial charge in [-0.05, 0) is 30.7 Å². The Balaban J connectivity index is 2.23. The van der Waals surface area contributed by atoms with Crippen LogP contribution in [0.4, 0.5) is 0 Å². The molecule has 0 saturated heterocycles. The molecule has 2 aromatic heterocycles. The third kappa shape index (κ3) is 1.70. The molecular formula is C15H12N2O. The molecule has 0 aliphatic rings. The van der Waals surface area contributed by atoms with Gasteiger partial charge in [0.15, 0.2) is 5.78 Å². The van der Waals surface area contributed by atoms with Crippen LogP contribution in [0.15, 0.2) is 54.9 Å². The maximum absolute atomic E-state index is 11.4. The summed E-state index contributed by atoms with van der Waals surface area (Å²) in [6.45, 7) is 1.58. The Morgan fingerprint density at radius 3 is 2.83 bits per heavy atom. The number of pyridine rings is 1. The van der Waals surface area contributed by atoms with E-state index in [0.29, 0.717) is 0 Å². The van der Waals surface area contributed by atoms with Crippen molar-refractivity contribution in [3.63, 3.8) is 0 Å². The van der Waals surface area contributed by atoms with Crippen LogP contribution in [0.2, 0.25) is 0 Å². The van der Waals surface area contributed by atoms with Crippen LogP contribution in [0.3, 0.4) is 0 Å². The van der Waals surface area contributed by atoms with Gasteiger partial charge in [0.1, 0.15) is 5.65 Å². The van der Waals surface area contributed by atoms with Crippen molar-refractivity contribution < 1.29 is 4.79 Å². The van der Waals surface area contributed by atoms with Crippen molar-refractivity contribution in [1.29, 1.82) is 0 Å². The van der Waals surface area contributed by atoms with Crippen molar-refractivity contribution in [3.8, 4) is 11.3 Å². The maximum atomic E-state index is 11.4. The fraction of sp³-hybridized carbons (Fsp3) is 0.0667. The Morgan fingerprint density at radius 2 is 2.00 bits per heavy atom. The highest BCUT2D eigenvalue weighted by Crippen LogP contribution is 2.21. The van der Waals surface area contributed by atoms with Crippen molar-refractivity contribution >= 4 is 11.4 Å². The number of nitrogens with zero attached hydrogens (tertiary/aromatic N) is 2. The molecule has 3 rings (SSSR count). The number of carbonyl (C=O) groups is 1. The number of hydrogen-bond acceptors (Lipinski definition) is 2. The van der Waals surface area contributed by atoms with Crippen molar-refractivity contribution in [2.24, 2.45) is 0 Å². The molecule has 3 aromatic rings. The molecule has 0 saturated carbocycles. The van der Waals surface area contributed by atoms with Gasteiger partial charge in [-0.1, -0.05) is 24.3 Å². The monoisotopic (exact) mass is 236 g/mol. The van der Waals surface area contributed by atoms with E-state index in [1.54, 1.807) is 13.1 Å². The third-order valence-corrected chi connectivity index (χ3v) is 2.99. The number of hydrogen-bond donors (Lipinski definition) is 0. The quantitative estimate of drug-likeness (QED) is 0.640. The SMILES string of the molecule is CC(=O)c1cccc(-c2cccc3nccn23)c1. The Labute approximate surface area is 105 Å². The van der Waals surface area contributed by atoms with E-state index in [4.69, 9.17) is 0 Å². The van der Waals surface area contributed by atoms with Gasteiger partial charge in [0, 0.05) is 18.0 Å². The molecule has 3 nitrogen and oxygen atoms in total. The average Bonchev–Trinajstić information content (AvgIpc) is 2.87. The number of aromatic nitrogens is 2. The fourth-order valence-corrected chi connectivity index (χ4v) is 2.08. The number of fused-ring (bicyclic) bond motifs is 1. The lowest BCUT2D eigenvalue weighted by Gasteiger charge is -2.06. The first-order valence-electron chi connectivity index (χ1n) is 5.79. The summed E-state index contributed by atoms with van der Waals surface area (Å²) in [6, 6.07) is 13.6. The molecule has 3 heteroatoms. The molecule has 0 spiro atoms. The molecule has 0 N–H and O–H groups in total. The lowest BCUT2D eigenvalue weighted by atomic mass is 10.1. The lowest BCUT2D eigenvalue weighted by molar-refractivity contribution is 0.101. The zero-order chi connectivity index (χ0) is 12.5. The van der Waals surface area contributed by atoms with Gasteiger partial charge >= 0.3 is 0 Å². The molecule has 88 valence electrons. The van der Waals surface area contributed by atoms with Crippen molar-refractivity contribution in [1.82, 2.24) is 9.38 Å². The van der Waals surface area contributed by atoms with Crippen LogP contribution >= 0.6 is 0 Å². The summed E-state index contributed by atoms with van der Waals surface area (Å²) >= 11 is 0. The normalized spacial score (nSPS) is 10.7. The average molecular weight is 236 g/mol. The minimum absolute atomic E-state index is 0.0784. The highest BCUT2D eigenvalue weighted by molar-refractivity contribution is 5.95. The molecular weight excluding hydrogens is 224 g/mol. The number of rotatable bonds is 2. The number of carbonyl (C=O) groups excluding carboxylic acids is 1. The first-order valence-corrected chi connectivity index (χ1v) is 5.79. The predicted octanol–water partition coefficient (Wildman–Crippen LogP) is 3.20. The molecule has 18 heavy (non-hydrogen) atoms. The number of benzene rings is 1. The summed E-state index contributed by atoms with van der Waals surface area (Å²) in [4.78, 5) is 15.7. The molecule has 0 amide bonds. The number of ketones is 1. The topological polar surface area (TPSA) is 34.4 Å². The van der Waals surface area contributed by atoms with Gasteiger partial charge < -0.3 is 0 Å². The van der Waals surface area contributed by atoms with Gasteiger partial charge in [-0.2, -0.15) is 0 Å². The van der Waals surface area contributed by atoms with Crippen LogP contribution in [-0.4, -0.2) is 15.2 Å². The summed E-state index contributed by atoms with van der Waals surface area (Å²) in [5, 5.41) is 0. The van der Waals surface area contributed by atoms with E-state index in [0.717, 1.165) is 22.5 Å². The molecule has 0 aliphatic carbocycles. The van der Waals surface area contributed by atoms with Gasteiger partial charge in [-0.15, -0.1) is 0 Å². The zero-order valence-corrected chi connectivity index (χ0v) is 10.00. The third-order valence-electron chi connectivity index (χ3n) is 2.99. The second-order valence-electron chi connectivity index (χ2n) is 4.20. The first kappa shape index (κ1) is 10.7. The molecule has 2 heterocycles. The van der Waals surface area contributed by atoms with Crippen LogP contribution in [0.25, 0.3) is 16.9 Å². The molecule has 1 aromatic carbocycles. The Morgan fingerprint density at radius 1 is 1.17 bits per heavy atom. The maximum Gasteiger partial charge on any atom is 0.159 e. The Kier molecular flexibility index (Phi) is 2.45. The number of Topliss-reactive ketones (excluding diaryl/α,β-unsaturated/α-hetero) is 1. The summed E-state index contributed by atoms with van der Waals surface area (Å²) < 4.78 is 2.01. The van der Waals surface area contributed by atoms with Crippen LogP contribution in [0.5, 0.6) is 0 Å². The predicted molar refractivity (Wildman–Crippen MR) is 70.6 cm³/mol. The molecule has 0 radical (unpaired) electrons. The smallest absolute Gasteiger partial charge is 0.159 e. The second-order valence-corrected chi connectivity index (χ2v) is 4.20. The summed E-state index contributed by atoms with van der Waals surface area (Å²) in [5.41, 5.74) is 3.68. The molecule has 0 fully saturated rings. The molecule has 0 unspecified atom stereocenters. The zero-order valence-electron chi connectivity index (χ0n) is 10.00. The van der Waals surface area contributed by atoms with E-state index < -0.39 is 0 Å². The highest BCUT2D eigenvalue weighted by atomic mass is 16.1. The van der Waals surface area contributed by atoms with Crippen LogP contribution in [0.1, 0.15) is 17.3 Å². The van der Waals surface area contributed by atoms with Crippen molar-refractivity contribution in [3.05, 3.63) is 60.4 Å². The van der Waals surface area contributed by atoms with Crippen molar-refractivity contribution in [2.75, 3.05) is 0 Å². The lowest BCUT2D eigenvalue weighted by Crippen LogP contribution is -1.94. The molecule has 0 bridgehead atoms. The van der Waals surface area contributed by atoms with Crippen LogP contribution in [0, 0.1) is 0 Å². The van der Waals surface area contributed by atoms with Crippen LogP contribution < -0.4 is 0 Å². The second kappa shape index (κ2) is 4.11. The highest BCUT2D eigenvalue weighted by Gasteiger charge is 2.05. The van der Waals surface area contributed by atoms with Crippen LogP contribution in [-0.2, 0) is 0 Å². The van der Waals surface area contributed by atoms with Gasteiger partial charge in [-0.25, -0.2) is 4.98 Å². The Hall–Kier alpha value is -2.42. The fourth-order valence-electron chi connectivity index (χ4n) is 2.08. The minimum atomic E-state index is 0.0784. The molecule has 0 aliphatic heterocycles. The van der Waals surface area contributed by atoms with Gasteiger partial charge in [-0.3, -0.25) is 9.20 Å². The number of imidazole rings is 1. The largest absolute Gasteiger partial charge is 0.300 e. The summed E-state index contributed by atoms with van der Waals surface area (Å²) in [7, 11) is 0. The standard InChI is InChI=1S/C15H12N2O/c1-11(18)12-4-2-5-13(10-12)14-6-3-7-15-16-8-9-17(14)15/h2-10H,1H3. The van der Waals surface area contributed by atoms with Gasteiger partial charge in [0.25, 0.3) is 0 Å². The summed E-state index contributed by atoms with van der Waals surface area (Å²) in [5.74, 6) is 0.0784. The van der Waals surface area contributed by atoms with Gasteiger partial charge in [0.05, 0.1) is 5.69 Å². The Bertz CT molecular complexity index is 728. The van der Waals surface area contributed by atoms with Crippen molar-refractivity contribution in [2.45, 2.75) is 6.92 Å². The van der Waals surface area contributed by atoms with E-state index in [1.807, 2.05) is 53.1 Å². The first-order chi connectivity index (χ1) is 8.75. The van der Waals surface area contributed by atoms with Gasteiger partial charge in [0.2, 0.25) is 0 Å².